The van der Waals surface area contributed by atoms with Crippen LogP contribution in [0.1, 0.15) is 25.8 Å². The van der Waals surface area contributed by atoms with E-state index < -0.39 is 0 Å². The maximum atomic E-state index is 12.1. The molecule has 4 nitrogen and oxygen atoms in total. The predicted molar refractivity (Wildman–Crippen MR) is 73.8 cm³/mol. The van der Waals surface area contributed by atoms with Gasteiger partial charge in [-0.2, -0.15) is 0 Å². The van der Waals surface area contributed by atoms with Crippen molar-refractivity contribution in [2.45, 2.75) is 25.8 Å². The second kappa shape index (κ2) is 6.52. The van der Waals surface area contributed by atoms with Gasteiger partial charge in [-0.1, -0.05) is 37.3 Å². The molecule has 1 aromatic rings. The Bertz CT molecular complexity index is 376. The summed E-state index contributed by atoms with van der Waals surface area (Å²) in [6.45, 7) is 4.62. The highest BCUT2D eigenvalue weighted by molar-refractivity contribution is 5.80. The summed E-state index contributed by atoms with van der Waals surface area (Å²) < 4.78 is 0. The first-order valence-corrected chi connectivity index (χ1v) is 6.35. The van der Waals surface area contributed by atoms with Crippen molar-refractivity contribution in [1.82, 2.24) is 5.32 Å². The molecule has 1 aromatic carbocycles. The number of amides is 1. The van der Waals surface area contributed by atoms with Crippen LogP contribution in [0.5, 0.6) is 0 Å². The third-order valence-corrected chi connectivity index (χ3v) is 3.46. The van der Waals surface area contributed by atoms with Crippen molar-refractivity contribution in [2.75, 3.05) is 13.1 Å². The molecule has 0 saturated heterocycles. The lowest BCUT2D eigenvalue weighted by Gasteiger charge is -2.32. The molecule has 0 fully saturated rings. The fraction of sp³-hybridized carbons (Fsp3) is 0.500. The summed E-state index contributed by atoms with van der Waals surface area (Å²) in [6, 6.07) is 9.94. The zero-order valence-electron chi connectivity index (χ0n) is 11.1. The molecule has 1 amide bonds. The van der Waals surface area contributed by atoms with Crippen LogP contribution in [0.15, 0.2) is 30.3 Å². The summed E-state index contributed by atoms with van der Waals surface area (Å²) in [5.74, 6) is -0.396. The molecule has 0 aliphatic rings. The standard InChI is InChI=1S/C14H23N3O/c1-3-14(2,12-7-5-4-6-8-12)17-13(18)11(9-15)10-16/h4-8,11H,3,9-10,15-16H2,1-2H3,(H,17,18). The first-order valence-electron chi connectivity index (χ1n) is 6.35. The van der Waals surface area contributed by atoms with Crippen molar-refractivity contribution in [2.24, 2.45) is 17.4 Å². The second-order valence-corrected chi connectivity index (χ2v) is 4.71. The SMILES string of the molecule is CCC(C)(NC(=O)C(CN)CN)c1ccccc1. The van der Waals surface area contributed by atoms with Crippen LogP contribution < -0.4 is 16.8 Å². The molecule has 0 bridgehead atoms. The molecule has 0 heterocycles. The number of nitrogens with two attached hydrogens (primary N) is 2. The second-order valence-electron chi connectivity index (χ2n) is 4.71. The monoisotopic (exact) mass is 249 g/mol. The van der Waals surface area contributed by atoms with Crippen molar-refractivity contribution in [3.63, 3.8) is 0 Å². The summed E-state index contributed by atoms with van der Waals surface area (Å²) in [7, 11) is 0. The molecule has 0 aliphatic heterocycles. The van der Waals surface area contributed by atoms with Crippen molar-refractivity contribution in [3.8, 4) is 0 Å². The molecule has 0 aromatic heterocycles. The first-order chi connectivity index (χ1) is 8.57. The Balaban J connectivity index is 2.87. The lowest BCUT2D eigenvalue weighted by molar-refractivity contribution is -0.126. The minimum Gasteiger partial charge on any atom is -0.347 e. The highest BCUT2D eigenvalue weighted by atomic mass is 16.2. The summed E-state index contributed by atoms with van der Waals surface area (Å²) >= 11 is 0. The van der Waals surface area contributed by atoms with Gasteiger partial charge >= 0.3 is 0 Å². The molecule has 0 radical (unpaired) electrons. The Labute approximate surface area is 109 Å². The van der Waals surface area contributed by atoms with E-state index in [4.69, 9.17) is 11.5 Å². The number of benzene rings is 1. The van der Waals surface area contributed by atoms with E-state index in [1.165, 1.54) is 0 Å². The molecule has 1 unspecified atom stereocenters. The molecular formula is C14H23N3O. The topological polar surface area (TPSA) is 81.1 Å². The molecule has 4 heteroatoms. The fourth-order valence-corrected chi connectivity index (χ4v) is 1.85. The Morgan fingerprint density at radius 1 is 1.28 bits per heavy atom. The highest BCUT2D eigenvalue weighted by Gasteiger charge is 2.28. The van der Waals surface area contributed by atoms with E-state index in [9.17, 15) is 4.79 Å². The number of carbonyl (C=O) groups excluding carboxylic acids is 1. The zero-order valence-corrected chi connectivity index (χ0v) is 11.1. The van der Waals surface area contributed by atoms with Crippen LogP contribution >= 0.6 is 0 Å². The van der Waals surface area contributed by atoms with Crippen molar-refractivity contribution >= 4 is 5.91 Å². The van der Waals surface area contributed by atoms with Crippen LogP contribution in [-0.2, 0) is 10.3 Å². The summed E-state index contributed by atoms with van der Waals surface area (Å²) in [6.07, 6.45) is 0.810. The van der Waals surface area contributed by atoms with E-state index in [1.54, 1.807) is 0 Å². The smallest absolute Gasteiger partial charge is 0.226 e. The quantitative estimate of drug-likeness (QED) is 0.702. The van der Waals surface area contributed by atoms with E-state index in [-0.39, 0.29) is 30.5 Å². The highest BCUT2D eigenvalue weighted by Crippen LogP contribution is 2.24. The predicted octanol–water partition coefficient (Wildman–Crippen LogP) is 0.962. The third kappa shape index (κ3) is 3.31. The van der Waals surface area contributed by atoms with E-state index in [0.29, 0.717) is 0 Å². The van der Waals surface area contributed by atoms with Gasteiger partial charge in [0.05, 0.1) is 11.5 Å². The lowest BCUT2D eigenvalue weighted by atomic mass is 9.88. The minimum absolute atomic E-state index is 0.0757. The van der Waals surface area contributed by atoms with E-state index in [1.807, 2.05) is 44.2 Å². The Morgan fingerprint density at radius 2 is 1.83 bits per heavy atom. The van der Waals surface area contributed by atoms with Crippen LogP contribution in [0.25, 0.3) is 0 Å². The van der Waals surface area contributed by atoms with Gasteiger partial charge < -0.3 is 16.8 Å². The van der Waals surface area contributed by atoms with Gasteiger partial charge in [0.2, 0.25) is 5.91 Å². The molecule has 100 valence electrons. The Kier molecular flexibility index (Phi) is 5.31. The van der Waals surface area contributed by atoms with Crippen LogP contribution in [0, 0.1) is 5.92 Å². The molecule has 1 atom stereocenters. The number of rotatable bonds is 6. The number of hydrogen-bond acceptors (Lipinski definition) is 3. The normalized spacial score (nSPS) is 14.3. The van der Waals surface area contributed by atoms with Gasteiger partial charge in [-0.25, -0.2) is 0 Å². The van der Waals surface area contributed by atoms with Crippen LogP contribution in [0.2, 0.25) is 0 Å². The molecule has 1 rings (SSSR count). The Hall–Kier alpha value is -1.39. The van der Waals surface area contributed by atoms with Gasteiger partial charge in [-0.15, -0.1) is 0 Å². The van der Waals surface area contributed by atoms with Crippen LogP contribution in [-0.4, -0.2) is 19.0 Å². The lowest BCUT2D eigenvalue weighted by Crippen LogP contribution is -2.48. The molecule has 0 spiro atoms. The summed E-state index contributed by atoms with van der Waals surface area (Å²) in [4.78, 5) is 12.1. The van der Waals surface area contributed by atoms with Crippen molar-refractivity contribution < 1.29 is 4.79 Å². The van der Waals surface area contributed by atoms with E-state index in [2.05, 4.69) is 5.32 Å². The number of nitrogens with one attached hydrogen (secondary N) is 1. The van der Waals surface area contributed by atoms with Crippen LogP contribution in [0.3, 0.4) is 0 Å². The minimum atomic E-state index is -0.374. The van der Waals surface area contributed by atoms with Gasteiger partial charge in [0.1, 0.15) is 0 Å². The molecule has 18 heavy (non-hydrogen) atoms. The fourth-order valence-electron chi connectivity index (χ4n) is 1.85. The summed E-state index contributed by atoms with van der Waals surface area (Å²) in [5, 5.41) is 3.06. The van der Waals surface area contributed by atoms with Crippen LogP contribution in [0.4, 0.5) is 0 Å². The largest absolute Gasteiger partial charge is 0.347 e. The summed E-state index contributed by atoms with van der Waals surface area (Å²) in [5.41, 5.74) is 11.8. The average Bonchev–Trinajstić information content (AvgIpc) is 2.41. The van der Waals surface area contributed by atoms with Gasteiger partial charge in [-0.05, 0) is 18.9 Å². The molecule has 5 N–H and O–H groups in total. The van der Waals surface area contributed by atoms with Gasteiger partial charge in [0.15, 0.2) is 0 Å². The third-order valence-electron chi connectivity index (χ3n) is 3.46. The Morgan fingerprint density at radius 3 is 2.28 bits per heavy atom. The van der Waals surface area contributed by atoms with E-state index >= 15 is 0 Å². The first kappa shape index (κ1) is 14.7. The number of carbonyl (C=O) groups is 1. The van der Waals surface area contributed by atoms with Crippen molar-refractivity contribution in [3.05, 3.63) is 35.9 Å². The maximum Gasteiger partial charge on any atom is 0.226 e. The van der Waals surface area contributed by atoms with Gasteiger partial charge in [0, 0.05) is 13.1 Å². The van der Waals surface area contributed by atoms with E-state index in [0.717, 1.165) is 12.0 Å². The average molecular weight is 249 g/mol. The van der Waals surface area contributed by atoms with Gasteiger partial charge in [0.25, 0.3) is 0 Å². The zero-order chi connectivity index (χ0) is 13.6. The van der Waals surface area contributed by atoms with Gasteiger partial charge in [-0.3, -0.25) is 4.79 Å². The number of hydrogen-bond donors (Lipinski definition) is 3. The molecule has 0 saturated carbocycles. The molecular weight excluding hydrogens is 226 g/mol. The maximum absolute atomic E-state index is 12.1. The molecule has 0 aliphatic carbocycles. The van der Waals surface area contributed by atoms with Crippen molar-refractivity contribution in [1.29, 1.82) is 0 Å².